The number of piperazine rings is 1. The van der Waals surface area contributed by atoms with Crippen molar-refractivity contribution < 1.29 is 9.59 Å². The number of carbonyl (C=O) groups excluding carboxylic acids is 2. The van der Waals surface area contributed by atoms with Gasteiger partial charge in [-0.3, -0.25) is 24.8 Å². The summed E-state index contributed by atoms with van der Waals surface area (Å²) in [5, 5.41) is 39.7. The number of hydrogen-bond acceptors (Lipinski definition) is 14. The first-order valence-electron chi connectivity index (χ1n) is 18.3. The summed E-state index contributed by atoms with van der Waals surface area (Å²) in [6, 6.07) is 15.4. The Bertz CT molecular complexity index is 2260. The predicted octanol–water partition coefficient (Wildman–Crippen LogP) is 4.06. The number of anilines is 3. The van der Waals surface area contributed by atoms with Crippen LogP contribution in [-0.4, -0.2) is 98.3 Å². The Kier molecular flexibility index (Phi) is 9.86. The van der Waals surface area contributed by atoms with E-state index >= 15 is 0 Å². The van der Waals surface area contributed by atoms with Crippen LogP contribution in [0.1, 0.15) is 49.7 Å². The van der Waals surface area contributed by atoms with Crippen LogP contribution in [0.5, 0.6) is 0 Å². The van der Waals surface area contributed by atoms with Gasteiger partial charge in [-0.2, -0.15) is 15.6 Å². The van der Waals surface area contributed by atoms with E-state index < -0.39 is 6.04 Å². The molecule has 0 aliphatic carbocycles. The molecule has 0 bridgehead atoms. The zero-order valence-corrected chi connectivity index (χ0v) is 30.7. The van der Waals surface area contributed by atoms with Crippen LogP contribution in [0.25, 0.3) is 27.5 Å². The molecule has 16 heteroatoms. The highest BCUT2D eigenvalue weighted by atomic mass is 32.1. The van der Waals surface area contributed by atoms with Crippen molar-refractivity contribution in [2.45, 2.75) is 44.6 Å². The number of carbonyl (C=O) groups is 2. The van der Waals surface area contributed by atoms with Crippen LogP contribution >= 0.6 is 11.3 Å². The molecule has 3 aliphatic rings. The summed E-state index contributed by atoms with van der Waals surface area (Å²) < 4.78 is 1.75. The van der Waals surface area contributed by atoms with Gasteiger partial charge in [-0.05, 0) is 68.0 Å². The van der Waals surface area contributed by atoms with Gasteiger partial charge in [0.2, 0.25) is 16.9 Å². The standard InChI is InChI=1S/C38H39N13O2S/c1-24(18-39)44-31-17-32(33-5-3-28-16-26(19-40)20-43-51(28)33)41-22-30(31)37-46-47-38(54-37)50-14-12-48(13-15-50)23-25-8-10-49(11-9-25)34-6-2-27(21-42-34)29-4-7-35(52)45-36(29)53/h2-3,5-6,16-17,20-22,24-25,29H,4,7-15,23H2,1H3,(H,41,44)(H,45,52,53)/t24-,29?/m1/s1. The molecule has 0 spiro atoms. The first-order valence-corrected chi connectivity index (χ1v) is 19.1. The van der Waals surface area contributed by atoms with Gasteiger partial charge in [0.25, 0.3) is 0 Å². The molecule has 5 aromatic heterocycles. The minimum atomic E-state index is -0.442. The molecule has 8 heterocycles. The van der Waals surface area contributed by atoms with Gasteiger partial charge >= 0.3 is 0 Å². The van der Waals surface area contributed by atoms with Gasteiger partial charge in [-0.1, -0.05) is 17.4 Å². The van der Waals surface area contributed by atoms with E-state index in [2.05, 4.69) is 57.8 Å². The summed E-state index contributed by atoms with van der Waals surface area (Å²) in [5.41, 5.74) is 5.08. The highest BCUT2D eigenvalue weighted by molar-refractivity contribution is 7.18. The second-order valence-corrected chi connectivity index (χ2v) is 15.0. The molecule has 0 aromatic carbocycles. The molecule has 2 atom stereocenters. The van der Waals surface area contributed by atoms with Crippen LogP contribution < -0.4 is 20.4 Å². The highest BCUT2D eigenvalue weighted by Crippen LogP contribution is 2.36. The lowest BCUT2D eigenvalue weighted by atomic mass is 9.91. The number of nitrogens with zero attached hydrogens (tertiary/aromatic N) is 11. The molecule has 54 heavy (non-hydrogen) atoms. The van der Waals surface area contributed by atoms with Crippen molar-refractivity contribution in [3.8, 4) is 34.1 Å². The van der Waals surface area contributed by atoms with Crippen LogP contribution in [0.15, 0.2) is 55.0 Å². The Morgan fingerprint density at radius 1 is 0.944 bits per heavy atom. The molecule has 0 saturated carbocycles. The fourth-order valence-corrected chi connectivity index (χ4v) is 8.41. The van der Waals surface area contributed by atoms with Crippen LogP contribution in [0.3, 0.4) is 0 Å². The molecule has 5 aromatic rings. The molecule has 2 N–H and O–H groups in total. The third-order valence-corrected chi connectivity index (χ3v) is 11.5. The highest BCUT2D eigenvalue weighted by Gasteiger charge is 2.29. The van der Waals surface area contributed by atoms with Crippen LogP contribution in [-0.2, 0) is 9.59 Å². The number of aromatic nitrogens is 6. The number of rotatable bonds is 9. The van der Waals surface area contributed by atoms with Gasteiger partial charge < -0.3 is 15.1 Å². The average Bonchev–Trinajstić information content (AvgIpc) is 3.86. The number of piperidine rings is 2. The second-order valence-electron chi connectivity index (χ2n) is 14.1. The van der Waals surface area contributed by atoms with Crippen molar-refractivity contribution in [2.75, 3.05) is 60.9 Å². The predicted molar refractivity (Wildman–Crippen MR) is 204 cm³/mol. The Balaban J connectivity index is 0.862. The topological polar surface area (TPSA) is 184 Å². The number of fused-ring (bicyclic) bond motifs is 1. The summed E-state index contributed by atoms with van der Waals surface area (Å²) in [6.07, 6.45) is 8.18. The number of imide groups is 1. The first kappa shape index (κ1) is 35.1. The SMILES string of the molecule is C[C@H](C#N)Nc1cc(-c2ccc3cc(C#N)cnn23)ncc1-c1nnc(N2CCN(CC3CCN(c4ccc(C5CCC(=O)NC5=O)cn4)CC3)CC2)s1. The molecule has 3 aliphatic heterocycles. The van der Waals surface area contributed by atoms with Crippen molar-refractivity contribution >= 4 is 45.3 Å². The van der Waals surface area contributed by atoms with Crippen molar-refractivity contribution in [3.63, 3.8) is 0 Å². The monoisotopic (exact) mass is 741 g/mol. The third-order valence-electron chi connectivity index (χ3n) is 10.5. The maximum Gasteiger partial charge on any atom is 0.234 e. The zero-order chi connectivity index (χ0) is 37.2. The molecule has 1 unspecified atom stereocenters. The quantitative estimate of drug-likeness (QED) is 0.206. The lowest BCUT2D eigenvalue weighted by Crippen LogP contribution is -2.49. The van der Waals surface area contributed by atoms with E-state index in [1.54, 1.807) is 29.9 Å². The molecular formula is C38H39N13O2S. The van der Waals surface area contributed by atoms with Crippen LogP contribution in [0.2, 0.25) is 0 Å². The molecule has 2 amide bonds. The van der Waals surface area contributed by atoms with E-state index in [-0.39, 0.29) is 17.7 Å². The molecule has 0 radical (unpaired) electrons. The normalized spacial score (nSPS) is 19.0. The van der Waals surface area contributed by atoms with Gasteiger partial charge in [0.1, 0.15) is 17.9 Å². The van der Waals surface area contributed by atoms with Gasteiger partial charge in [0.05, 0.1) is 46.2 Å². The van der Waals surface area contributed by atoms with Gasteiger partial charge in [-0.25, -0.2) is 9.50 Å². The number of nitriles is 2. The Labute approximate surface area is 316 Å². The maximum absolute atomic E-state index is 12.3. The van der Waals surface area contributed by atoms with E-state index in [0.29, 0.717) is 30.0 Å². The lowest BCUT2D eigenvalue weighted by molar-refractivity contribution is -0.134. The van der Waals surface area contributed by atoms with Gasteiger partial charge in [0.15, 0.2) is 5.01 Å². The Morgan fingerprint density at radius 3 is 2.52 bits per heavy atom. The van der Waals surface area contributed by atoms with Gasteiger partial charge in [0, 0.05) is 70.3 Å². The Hall–Kier alpha value is -5.97. The maximum atomic E-state index is 12.3. The Morgan fingerprint density at radius 2 is 1.78 bits per heavy atom. The minimum absolute atomic E-state index is 0.205. The lowest BCUT2D eigenvalue weighted by Gasteiger charge is -2.39. The van der Waals surface area contributed by atoms with E-state index in [4.69, 9.17) is 4.98 Å². The molecule has 8 rings (SSSR count). The van der Waals surface area contributed by atoms with E-state index in [0.717, 1.165) is 103 Å². The summed E-state index contributed by atoms with van der Waals surface area (Å²) in [7, 11) is 0. The minimum Gasteiger partial charge on any atom is -0.369 e. The molecule has 3 fully saturated rings. The zero-order valence-electron chi connectivity index (χ0n) is 29.9. The van der Waals surface area contributed by atoms with E-state index in [1.807, 2.05) is 30.3 Å². The summed E-state index contributed by atoms with van der Waals surface area (Å²) in [6.45, 7) is 8.42. The summed E-state index contributed by atoms with van der Waals surface area (Å²) in [4.78, 5) is 40.4. The molecule has 15 nitrogen and oxygen atoms in total. The van der Waals surface area contributed by atoms with Crippen molar-refractivity contribution in [1.82, 2.24) is 40.0 Å². The number of pyridine rings is 2. The fraction of sp³-hybridized carbons (Fsp3) is 0.395. The number of amides is 2. The molecular weight excluding hydrogens is 703 g/mol. The fourth-order valence-electron chi connectivity index (χ4n) is 7.49. The van der Waals surface area contributed by atoms with Crippen molar-refractivity contribution in [2.24, 2.45) is 5.92 Å². The average molecular weight is 742 g/mol. The van der Waals surface area contributed by atoms with E-state index in [9.17, 15) is 20.1 Å². The van der Waals surface area contributed by atoms with Crippen LogP contribution in [0.4, 0.5) is 16.6 Å². The second kappa shape index (κ2) is 15.2. The smallest absolute Gasteiger partial charge is 0.234 e. The number of hydrogen-bond donors (Lipinski definition) is 2. The summed E-state index contributed by atoms with van der Waals surface area (Å²) in [5.74, 6) is 0.807. The molecule has 274 valence electrons. The summed E-state index contributed by atoms with van der Waals surface area (Å²) >= 11 is 1.52. The first-order chi connectivity index (χ1) is 26.3. The third kappa shape index (κ3) is 7.31. The van der Waals surface area contributed by atoms with Gasteiger partial charge in [-0.15, -0.1) is 10.2 Å². The van der Waals surface area contributed by atoms with Crippen molar-refractivity contribution in [3.05, 3.63) is 66.1 Å². The number of nitrogens with one attached hydrogen (secondary N) is 2. The molecule has 3 saturated heterocycles. The largest absolute Gasteiger partial charge is 0.369 e. The van der Waals surface area contributed by atoms with Crippen molar-refractivity contribution in [1.29, 1.82) is 10.5 Å². The van der Waals surface area contributed by atoms with Crippen LogP contribution in [0, 0.1) is 28.6 Å². The van der Waals surface area contributed by atoms with E-state index in [1.165, 1.54) is 17.5 Å².